The van der Waals surface area contributed by atoms with Gasteiger partial charge in [-0.25, -0.2) is 24.9 Å². The van der Waals surface area contributed by atoms with Crippen molar-refractivity contribution in [2.24, 2.45) is 0 Å². The zero-order chi connectivity index (χ0) is 40.7. The smallest absolute Gasteiger partial charge is 0.235 e. The number of hydrogen-bond donors (Lipinski definition) is 0. The molecule has 0 radical (unpaired) electrons. The first-order valence-electron chi connectivity index (χ1n) is 20.7. The van der Waals surface area contributed by atoms with Crippen molar-refractivity contribution in [3.63, 3.8) is 0 Å². The lowest BCUT2D eigenvalue weighted by Crippen LogP contribution is -2.04. The maximum absolute atomic E-state index is 6.97. The first kappa shape index (κ1) is 34.3. The number of hydrogen-bond acceptors (Lipinski definition) is 6. The standard InChI is InChI=1S/C55H32N6O/c1-4-17-34(18-5-1)48-43-31-28-33-16-10-11-23-38(33)49(43)57-55(56-48)61-44-32-37(54-59-52(35-19-6-2-7-20-35)58-53(60-54)36-21-8-3-9-22-36)29-30-41(44)46-39-24-12-13-25-40(39)47-42-26-14-15-27-45(42)62-51(47)50(46)61/h1-32H. The van der Waals surface area contributed by atoms with Crippen molar-refractivity contribution in [2.75, 3.05) is 0 Å². The second-order valence-electron chi connectivity index (χ2n) is 15.6. The number of fused-ring (bicyclic) bond motifs is 13. The Kier molecular flexibility index (Phi) is 7.47. The van der Waals surface area contributed by atoms with Crippen LogP contribution in [-0.4, -0.2) is 29.5 Å². The van der Waals surface area contributed by atoms with Crippen molar-refractivity contribution in [1.82, 2.24) is 29.5 Å². The second-order valence-corrected chi connectivity index (χ2v) is 15.6. The molecule has 0 atom stereocenters. The van der Waals surface area contributed by atoms with Gasteiger partial charge in [-0.3, -0.25) is 4.57 Å². The van der Waals surface area contributed by atoms with Crippen LogP contribution in [0.4, 0.5) is 0 Å². The molecular formula is C55H32N6O. The van der Waals surface area contributed by atoms with Crippen molar-refractivity contribution in [2.45, 2.75) is 0 Å². The van der Waals surface area contributed by atoms with Gasteiger partial charge >= 0.3 is 0 Å². The maximum atomic E-state index is 6.97. The number of aromatic nitrogens is 6. The number of nitrogens with zero attached hydrogens (tertiary/aromatic N) is 6. The first-order valence-corrected chi connectivity index (χ1v) is 20.7. The molecule has 7 heteroatoms. The molecule has 0 bridgehead atoms. The van der Waals surface area contributed by atoms with Crippen LogP contribution in [0.2, 0.25) is 0 Å². The predicted molar refractivity (Wildman–Crippen MR) is 251 cm³/mol. The maximum Gasteiger partial charge on any atom is 0.235 e. The Morgan fingerprint density at radius 1 is 0.371 bits per heavy atom. The van der Waals surface area contributed by atoms with Gasteiger partial charge in [0.25, 0.3) is 0 Å². The van der Waals surface area contributed by atoms with E-state index in [4.69, 9.17) is 29.3 Å². The molecule has 9 aromatic carbocycles. The summed E-state index contributed by atoms with van der Waals surface area (Å²) in [6, 6.07) is 66.7. The van der Waals surface area contributed by atoms with Gasteiger partial charge in [0.15, 0.2) is 23.1 Å². The van der Waals surface area contributed by atoms with Crippen LogP contribution in [0.5, 0.6) is 0 Å². The molecule has 13 rings (SSSR count). The molecule has 0 aliphatic heterocycles. The zero-order valence-electron chi connectivity index (χ0n) is 33.1. The molecular weight excluding hydrogens is 761 g/mol. The number of furan rings is 1. The van der Waals surface area contributed by atoms with Crippen molar-refractivity contribution in [1.29, 1.82) is 0 Å². The second kappa shape index (κ2) is 13.5. The summed E-state index contributed by atoms with van der Waals surface area (Å²) in [5, 5.41) is 9.58. The Hall–Kier alpha value is -8.55. The van der Waals surface area contributed by atoms with Crippen LogP contribution in [0.1, 0.15) is 0 Å². The van der Waals surface area contributed by atoms with Crippen molar-refractivity contribution in [3.05, 3.63) is 194 Å². The Bertz CT molecular complexity index is 3860. The molecule has 0 saturated heterocycles. The van der Waals surface area contributed by atoms with Gasteiger partial charge in [-0.1, -0.05) is 176 Å². The van der Waals surface area contributed by atoms with Gasteiger partial charge in [-0.2, -0.15) is 0 Å². The van der Waals surface area contributed by atoms with Gasteiger partial charge in [0.2, 0.25) is 5.95 Å². The van der Waals surface area contributed by atoms with Gasteiger partial charge in [-0.05, 0) is 34.4 Å². The Morgan fingerprint density at radius 2 is 0.919 bits per heavy atom. The summed E-state index contributed by atoms with van der Waals surface area (Å²) < 4.78 is 9.18. The molecule has 0 unspecified atom stereocenters. The number of benzene rings is 9. The van der Waals surface area contributed by atoms with E-state index in [-0.39, 0.29) is 0 Å². The summed E-state index contributed by atoms with van der Waals surface area (Å²) in [4.78, 5) is 26.4. The molecule has 0 amide bonds. The van der Waals surface area contributed by atoms with Crippen LogP contribution in [-0.2, 0) is 0 Å². The van der Waals surface area contributed by atoms with Crippen molar-refractivity contribution < 1.29 is 4.42 Å². The summed E-state index contributed by atoms with van der Waals surface area (Å²) in [5.41, 5.74) is 8.77. The van der Waals surface area contributed by atoms with E-state index >= 15 is 0 Å². The fourth-order valence-electron chi connectivity index (χ4n) is 9.23. The third-order valence-corrected chi connectivity index (χ3v) is 12.0. The molecule has 13 aromatic rings. The highest BCUT2D eigenvalue weighted by Gasteiger charge is 2.26. The fraction of sp³-hybridized carbons (Fsp3) is 0. The Morgan fingerprint density at radius 3 is 1.61 bits per heavy atom. The van der Waals surface area contributed by atoms with Crippen LogP contribution >= 0.6 is 0 Å². The predicted octanol–water partition coefficient (Wildman–Crippen LogP) is 13.8. The molecule has 0 saturated carbocycles. The monoisotopic (exact) mass is 792 g/mol. The molecule has 0 N–H and O–H groups in total. The fourth-order valence-corrected chi connectivity index (χ4v) is 9.23. The highest BCUT2D eigenvalue weighted by atomic mass is 16.3. The lowest BCUT2D eigenvalue weighted by molar-refractivity contribution is 0.671. The van der Waals surface area contributed by atoms with Crippen LogP contribution < -0.4 is 0 Å². The van der Waals surface area contributed by atoms with Gasteiger partial charge in [0.1, 0.15) is 11.1 Å². The van der Waals surface area contributed by atoms with Crippen molar-refractivity contribution in [3.8, 4) is 51.4 Å². The molecule has 4 aromatic heterocycles. The molecule has 0 aliphatic carbocycles. The molecule has 288 valence electrons. The first-order chi connectivity index (χ1) is 30.7. The largest absolute Gasteiger partial charge is 0.454 e. The van der Waals surface area contributed by atoms with E-state index in [1.165, 1.54) is 0 Å². The topological polar surface area (TPSA) is 82.5 Å². The van der Waals surface area contributed by atoms with E-state index in [1.54, 1.807) is 0 Å². The Balaban J connectivity index is 1.20. The molecule has 0 fully saturated rings. The highest BCUT2D eigenvalue weighted by molar-refractivity contribution is 6.35. The molecule has 62 heavy (non-hydrogen) atoms. The number of para-hydroxylation sites is 1. The van der Waals surface area contributed by atoms with Gasteiger partial charge in [0, 0.05) is 54.6 Å². The zero-order valence-corrected chi connectivity index (χ0v) is 33.1. The lowest BCUT2D eigenvalue weighted by Gasteiger charge is -2.14. The van der Waals surface area contributed by atoms with E-state index in [0.717, 1.165) is 104 Å². The average molecular weight is 793 g/mol. The molecule has 4 heterocycles. The minimum absolute atomic E-state index is 0.535. The van der Waals surface area contributed by atoms with Gasteiger partial charge in [-0.15, -0.1) is 0 Å². The summed E-state index contributed by atoms with van der Waals surface area (Å²) >= 11 is 0. The van der Waals surface area contributed by atoms with E-state index in [0.29, 0.717) is 23.4 Å². The van der Waals surface area contributed by atoms with Crippen LogP contribution in [0, 0.1) is 0 Å². The van der Waals surface area contributed by atoms with Crippen LogP contribution in [0.3, 0.4) is 0 Å². The Labute approximate surface area is 354 Å². The minimum atomic E-state index is 0.535. The van der Waals surface area contributed by atoms with E-state index in [9.17, 15) is 0 Å². The number of rotatable bonds is 5. The van der Waals surface area contributed by atoms with Gasteiger partial charge < -0.3 is 4.42 Å². The normalized spacial score (nSPS) is 11.9. The lowest BCUT2D eigenvalue weighted by atomic mass is 9.98. The SMILES string of the molecule is c1ccc(-c2nc(-c3ccccc3)nc(-c3ccc4c5c6ccccc6c6c7ccccc7oc6c5n(-c5nc(-c6ccccc6)c6ccc7ccccc7c6n5)c4c3)n2)cc1. The third kappa shape index (κ3) is 5.22. The third-order valence-electron chi connectivity index (χ3n) is 12.0. The van der Waals surface area contributed by atoms with E-state index < -0.39 is 0 Å². The summed E-state index contributed by atoms with van der Waals surface area (Å²) in [5.74, 6) is 2.29. The van der Waals surface area contributed by atoms with Crippen molar-refractivity contribution >= 4 is 76.2 Å². The van der Waals surface area contributed by atoms with E-state index in [1.807, 2.05) is 78.9 Å². The summed E-state index contributed by atoms with van der Waals surface area (Å²) in [7, 11) is 0. The molecule has 0 aliphatic rings. The van der Waals surface area contributed by atoms with Crippen LogP contribution in [0.15, 0.2) is 199 Å². The summed E-state index contributed by atoms with van der Waals surface area (Å²) in [6.07, 6.45) is 0. The van der Waals surface area contributed by atoms with Crippen LogP contribution in [0.25, 0.3) is 128 Å². The van der Waals surface area contributed by atoms with Gasteiger partial charge in [0.05, 0.1) is 16.7 Å². The highest BCUT2D eigenvalue weighted by Crippen LogP contribution is 2.46. The molecule has 0 spiro atoms. The quantitative estimate of drug-likeness (QED) is 0.161. The molecule has 7 nitrogen and oxygen atoms in total. The minimum Gasteiger partial charge on any atom is -0.454 e. The van der Waals surface area contributed by atoms with E-state index in [2.05, 4.69) is 120 Å². The summed E-state index contributed by atoms with van der Waals surface area (Å²) in [6.45, 7) is 0. The average Bonchev–Trinajstić information content (AvgIpc) is 3.91.